The molecule has 86 valence electrons. The number of hydrogen-bond acceptors (Lipinski definition) is 2. The van der Waals surface area contributed by atoms with Gasteiger partial charge in [-0.15, -0.1) is 0 Å². The van der Waals surface area contributed by atoms with Crippen molar-refractivity contribution in [2.45, 2.75) is 26.7 Å². The topological polar surface area (TPSA) is 74.3 Å². The van der Waals surface area contributed by atoms with Crippen LogP contribution in [0, 0.1) is 5.41 Å². The molecule has 0 spiro atoms. The summed E-state index contributed by atoms with van der Waals surface area (Å²) >= 11 is 0. The first-order valence-corrected chi connectivity index (χ1v) is 5.42. The van der Waals surface area contributed by atoms with Crippen LogP contribution in [0.15, 0.2) is 23.3 Å². The molecule has 4 nitrogen and oxygen atoms in total. The second-order valence-electron chi connectivity index (χ2n) is 3.48. The first kappa shape index (κ1) is 12.2. The number of rotatable bonds is 4. The summed E-state index contributed by atoms with van der Waals surface area (Å²) in [6.07, 6.45) is 3.67. The number of nitrogens with two attached hydrogens (primary N) is 1. The van der Waals surface area contributed by atoms with E-state index in [9.17, 15) is 0 Å². The fourth-order valence-electron chi connectivity index (χ4n) is 1.62. The van der Waals surface area contributed by atoms with E-state index in [1.807, 2.05) is 0 Å². The summed E-state index contributed by atoms with van der Waals surface area (Å²) in [6, 6.07) is 6.25. The molecule has 16 heavy (non-hydrogen) atoms. The number of nitrogens with one attached hydrogen (secondary N) is 2. The molecule has 0 bridgehead atoms. The summed E-state index contributed by atoms with van der Waals surface area (Å²) in [5.74, 6) is -0.150. The quantitative estimate of drug-likeness (QED) is 0.408. The number of guanidine groups is 1. The molecule has 0 atom stereocenters. The lowest BCUT2D eigenvalue weighted by Gasteiger charge is -2.08. The Hall–Kier alpha value is -1.84. The second-order valence-corrected chi connectivity index (χ2v) is 3.48. The van der Waals surface area contributed by atoms with Gasteiger partial charge < -0.3 is 5.73 Å². The number of aryl methyl sites for hydroxylation is 2. The third-order valence-electron chi connectivity index (χ3n) is 2.43. The van der Waals surface area contributed by atoms with Crippen LogP contribution in [0.4, 0.5) is 0 Å². The maximum absolute atomic E-state index is 7.01. The molecular weight excluding hydrogens is 200 g/mol. The number of nitrogens with zero attached hydrogens (tertiary/aromatic N) is 1. The van der Waals surface area contributed by atoms with E-state index in [4.69, 9.17) is 11.1 Å². The number of benzene rings is 1. The highest BCUT2D eigenvalue weighted by Gasteiger charge is 2.02. The summed E-state index contributed by atoms with van der Waals surface area (Å²) in [5.41, 5.74) is 11.2. The van der Waals surface area contributed by atoms with Gasteiger partial charge in [-0.05, 0) is 24.0 Å². The normalized spacial score (nSPS) is 10.6. The minimum absolute atomic E-state index is 0.150. The standard InChI is InChI=1S/C12H18N4/c1-3-9-6-5-7-10(4-2)11(9)8-15-16-12(13)14/h5-8H,3-4H2,1-2H3,(H4,13,14,16)/b15-8+. The van der Waals surface area contributed by atoms with Gasteiger partial charge in [0, 0.05) is 5.56 Å². The van der Waals surface area contributed by atoms with Crippen LogP contribution in [0.5, 0.6) is 0 Å². The molecule has 0 amide bonds. The molecule has 0 aromatic heterocycles. The molecule has 4 N–H and O–H groups in total. The van der Waals surface area contributed by atoms with Crippen LogP contribution in [0.1, 0.15) is 30.5 Å². The fraction of sp³-hybridized carbons (Fsp3) is 0.333. The molecule has 1 aromatic rings. The summed E-state index contributed by atoms with van der Waals surface area (Å²) < 4.78 is 0. The Bertz CT molecular complexity index is 374. The molecule has 1 aromatic carbocycles. The van der Waals surface area contributed by atoms with Crippen LogP contribution in [-0.2, 0) is 12.8 Å². The summed E-state index contributed by atoms with van der Waals surface area (Å²) in [7, 11) is 0. The Labute approximate surface area is 96.1 Å². The first-order chi connectivity index (χ1) is 7.69. The van der Waals surface area contributed by atoms with Crippen LogP contribution < -0.4 is 11.2 Å². The van der Waals surface area contributed by atoms with Gasteiger partial charge in [-0.25, -0.2) is 5.43 Å². The SMILES string of the molecule is CCc1cccc(CC)c1/C=N/NC(=N)N. The van der Waals surface area contributed by atoms with Gasteiger partial charge in [0.25, 0.3) is 0 Å². The Morgan fingerprint density at radius 1 is 1.38 bits per heavy atom. The third kappa shape index (κ3) is 3.08. The molecule has 0 saturated heterocycles. The second kappa shape index (κ2) is 5.90. The van der Waals surface area contributed by atoms with Gasteiger partial charge in [-0.1, -0.05) is 32.0 Å². The largest absolute Gasteiger partial charge is 0.369 e. The molecular formula is C12H18N4. The van der Waals surface area contributed by atoms with Crippen molar-refractivity contribution in [3.05, 3.63) is 34.9 Å². The van der Waals surface area contributed by atoms with Crippen molar-refractivity contribution >= 4 is 12.2 Å². The minimum atomic E-state index is -0.150. The smallest absolute Gasteiger partial charge is 0.206 e. The van der Waals surface area contributed by atoms with E-state index in [1.54, 1.807) is 6.21 Å². The van der Waals surface area contributed by atoms with Gasteiger partial charge in [0.1, 0.15) is 0 Å². The monoisotopic (exact) mass is 218 g/mol. The molecule has 0 radical (unpaired) electrons. The predicted molar refractivity (Wildman–Crippen MR) is 67.8 cm³/mol. The van der Waals surface area contributed by atoms with Crippen molar-refractivity contribution in [3.8, 4) is 0 Å². The van der Waals surface area contributed by atoms with Gasteiger partial charge in [0.2, 0.25) is 5.96 Å². The van der Waals surface area contributed by atoms with Gasteiger partial charge >= 0.3 is 0 Å². The first-order valence-electron chi connectivity index (χ1n) is 5.42. The predicted octanol–water partition coefficient (Wildman–Crippen LogP) is 1.63. The Morgan fingerprint density at radius 2 is 1.94 bits per heavy atom. The maximum Gasteiger partial charge on any atom is 0.206 e. The highest BCUT2D eigenvalue weighted by atomic mass is 15.3. The van der Waals surface area contributed by atoms with Crippen molar-refractivity contribution in [2.75, 3.05) is 0 Å². The van der Waals surface area contributed by atoms with Crippen molar-refractivity contribution < 1.29 is 0 Å². The van der Waals surface area contributed by atoms with Crippen molar-refractivity contribution in [1.29, 1.82) is 5.41 Å². The average Bonchev–Trinajstić information content (AvgIpc) is 2.28. The molecule has 0 saturated carbocycles. The number of hydrogen-bond donors (Lipinski definition) is 3. The Balaban J connectivity index is 2.99. The van der Waals surface area contributed by atoms with E-state index >= 15 is 0 Å². The van der Waals surface area contributed by atoms with Crippen LogP contribution in [0.2, 0.25) is 0 Å². The summed E-state index contributed by atoms with van der Waals surface area (Å²) in [5, 5.41) is 10.9. The lowest BCUT2D eigenvalue weighted by atomic mass is 9.98. The molecule has 1 rings (SSSR count). The molecule has 0 heterocycles. The molecule has 0 aliphatic carbocycles. The molecule has 0 fully saturated rings. The minimum Gasteiger partial charge on any atom is -0.369 e. The summed E-state index contributed by atoms with van der Waals surface area (Å²) in [6.45, 7) is 4.23. The van der Waals surface area contributed by atoms with Gasteiger partial charge in [0.05, 0.1) is 6.21 Å². The van der Waals surface area contributed by atoms with E-state index in [1.165, 1.54) is 11.1 Å². The van der Waals surface area contributed by atoms with E-state index in [0.717, 1.165) is 18.4 Å². The number of hydrazone groups is 1. The van der Waals surface area contributed by atoms with E-state index < -0.39 is 0 Å². The van der Waals surface area contributed by atoms with E-state index in [0.29, 0.717) is 0 Å². The van der Waals surface area contributed by atoms with Gasteiger partial charge in [-0.2, -0.15) is 5.10 Å². The highest BCUT2D eigenvalue weighted by Crippen LogP contribution is 2.14. The van der Waals surface area contributed by atoms with Crippen LogP contribution in [-0.4, -0.2) is 12.2 Å². The zero-order chi connectivity index (χ0) is 12.0. The van der Waals surface area contributed by atoms with Crippen LogP contribution in [0.25, 0.3) is 0 Å². The lowest BCUT2D eigenvalue weighted by Crippen LogP contribution is -2.25. The van der Waals surface area contributed by atoms with Crippen molar-refractivity contribution in [2.24, 2.45) is 10.8 Å². The van der Waals surface area contributed by atoms with Crippen LogP contribution in [0.3, 0.4) is 0 Å². The molecule has 0 aliphatic rings. The maximum atomic E-state index is 7.01. The molecule has 4 heteroatoms. The van der Waals surface area contributed by atoms with E-state index in [2.05, 4.69) is 42.6 Å². The van der Waals surface area contributed by atoms with Crippen molar-refractivity contribution in [3.63, 3.8) is 0 Å². The molecule has 0 unspecified atom stereocenters. The zero-order valence-electron chi connectivity index (χ0n) is 9.75. The van der Waals surface area contributed by atoms with Crippen LogP contribution >= 0.6 is 0 Å². The Morgan fingerprint density at radius 3 is 2.38 bits per heavy atom. The fourth-order valence-corrected chi connectivity index (χ4v) is 1.62. The Kier molecular flexibility index (Phi) is 4.51. The highest BCUT2D eigenvalue weighted by molar-refractivity contribution is 5.85. The average molecular weight is 218 g/mol. The zero-order valence-corrected chi connectivity index (χ0v) is 9.75. The lowest BCUT2D eigenvalue weighted by molar-refractivity contribution is 0.997. The van der Waals surface area contributed by atoms with Crippen molar-refractivity contribution in [1.82, 2.24) is 5.43 Å². The van der Waals surface area contributed by atoms with Gasteiger partial charge in [-0.3, -0.25) is 5.41 Å². The summed E-state index contributed by atoms with van der Waals surface area (Å²) in [4.78, 5) is 0. The van der Waals surface area contributed by atoms with E-state index in [-0.39, 0.29) is 5.96 Å². The molecule has 0 aliphatic heterocycles. The third-order valence-corrected chi connectivity index (χ3v) is 2.43. The van der Waals surface area contributed by atoms with Gasteiger partial charge in [0.15, 0.2) is 0 Å².